The SMILES string of the molecule is Cc1ccccc1OCC(=O)NCCN1C(=O)CNC1=O. The van der Waals surface area contributed by atoms with Gasteiger partial charge in [-0.05, 0) is 18.6 Å². The summed E-state index contributed by atoms with van der Waals surface area (Å²) in [5.41, 5.74) is 0.949. The van der Waals surface area contributed by atoms with E-state index >= 15 is 0 Å². The largest absolute Gasteiger partial charge is 0.484 e. The molecule has 1 saturated heterocycles. The molecule has 0 aliphatic carbocycles. The standard InChI is InChI=1S/C14H17N3O4/c1-10-4-2-3-5-11(10)21-9-12(18)15-6-7-17-13(19)8-16-14(17)20/h2-5H,6-9H2,1H3,(H,15,18)(H,16,20). The van der Waals surface area contributed by atoms with Crippen molar-refractivity contribution in [2.75, 3.05) is 26.2 Å². The molecule has 7 heteroatoms. The third kappa shape index (κ3) is 3.95. The summed E-state index contributed by atoms with van der Waals surface area (Å²) >= 11 is 0. The van der Waals surface area contributed by atoms with Crippen LogP contribution in [0.1, 0.15) is 5.56 Å². The van der Waals surface area contributed by atoms with Crippen molar-refractivity contribution in [1.82, 2.24) is 15.5 Å². The highest BCUT2D eigenvalue weighted by Crippen LogP contribution is 2.15. The molecule has 21 heavy (non-hydrogen) atoms. The minimum absolute atomic E-state index is 0.0170. The van der Waals surface area contributed by atoms with Crippen molar-refractivity contribution in [2.45, 2.75) is 6.92 Å². The molecule has 1 aliphatic rings. The second-order valence-corrected chi connectivity index (χ2v) is 4.61. The number of benzene rings is 1. The lowest BCUT2D eigenvalue weighted by Crippen LogP contribution is -2.39. The van der Waals surface area contributed by atoms with Crippen molar-refractivity contribution < 1.29 is 19.1 Å². The molecule has 0 unspecified atom stereocenters. The van der Waals surface area contributed by atoms with Gasteiger partial charge in [-0.1, -0.05) is 18.2 Å². The zero-order valence-electron chi connectivity index (χ0n) is 11.7. The van der Waals surface area contributed by atoms with Crippen LogP contribution in [0.4, 0.5) is 4.79 Å². The molecule has 2 N–H and O–H groups in total. The van der Waals surface area contributed by atoms with E-state index in [9.17, 15) is 14.4 Å². The van der Waals surface area contributed by atoms with Crippen LogP contribution in [0.3, 0.4) is 0 Å². The number of hydrogen-bond donors (Lipinski definition) is 2. The molecule has 1 aromatic rings. The van der Waals surface area contributed by atoms with Crippen LogP contribution < -0.4 is 15.4 Å². The average Bonchev–Trinajstić information content (AvgIpc) is 2.78. The van der Waals surface area contributed by atoms with Crippen LogP contribution in [0.2, 0.25) is 0 Å². The summed E-state index contributed by atoms with van der Waals surface area (Å²) in [5.74, 6) is 0.0671. The van der Waals surface area contributed by atoms with Gasteiger partial charge in [0.25, 0.3) is 5.91 Å². The topological polar surface area (TPSA) is 87.7 Å². The number of urea groups is 1. The monoisotopic (exact) mass is 291 g/mol. The molecule has 0 saturated carbocycles. The maximum Gasteiger partial charge on any atom is 0.324 e. The van der Waals surface area contributed by atoms with Gasteiger partial charge in [-0.15, -0.1) is 0 Å². The predicted molar refractivity (Wildman–Crippen MR) is 74.8 cm³/mol. The molecular weight excluding hydrogens is 274 g/mol. The third-order valence-corrected chi connectivity index (χ3v) is 3.05. The Morgan fingerprint density at radius 2 is 2.14 bits per heavy atom. The van der Waals surface area contributed by atoms with Crippen LogP contribution in [0.15, 0.2) is 24.3 Å². The second kappa shape index (κ2) is 6.74. The summed E-state index contributed by atoms with van der Waals surface area (Å²) in [7, 11) is 0. The molecule has 2 rings (SSSR count). The minimum Gasteiger partial charge on any atom is -0.484 e. The fourth-order valence-corrected chi connectivity index (χ4v) is 1.90. The molecule has 112 valence electrons. The quantitative estimate of drug-likeness (QED) is 0.725. The number of ether oxygens (including phenoxy) is 1. The number of amides is 4. The van der Waals surface area contributed by atoms with Crippen molar-refractivity contribution in [3.8, 4) is 5.75 Å². The van der Waals surface area contributed by atoms with Gasteiger partial charge in [-0.25, -0.2) is 4.79 Å². The number of carbonyl (C=O) groups is 3. The zero-order valence-corrected chi connectivity index (χ0v) is 11.7. The summed E-state index contributed by atoms with van der Waals surface area (Å²) in [4.78, 5) is 35.3. The highest BCUT2D eigenvalue weighted by Gasteiger charge is 2.27. The van der Waals surface area contributed by atoms with Crippen LogP contribution in [0.5, 0.6) is 5.75 Å². The minimum atomic E-state index is -0.426. The smallest absolute Gasteiger partial charge is 0.324 e. The van der Waals surface area contributed by atoms with Crippen LogP contribution in [0, 0.1) is 6.92 Å². The Labute approximate surface area is 122 Å². The lowest BCUT2D eigenvalue weighted by Gasteiger charge is -2.13. The van der Waals surface area contributed by atoms with Gasteiger partial charge >= 0.3 is 6.03 Å². The van der Waals surface area contributed by atoms with E-state index in [1.54, 1.807) is 6.07 Å². The molecule has 1 heterocycles. The summed E-state index contributed by atoms with van der Waals surface area (Å²) in [6, 6.07) is 6.98. The summed E-state index contributed by atoms with van der Waals surface area (Å²) in [5, 5.41) is 5.01. The Balaban J connectivity index is 1.69. The number of nitrogens with zero attached hydrogens (tertiary/aromatic N) is 1. The summed E-state index contributed by atoms with van der Waals surface area (Å²) in [6.45, 7) is 2.16. The number of carbonyl (C=O) groups excluding carboxylic acids is 3. The van der Waals surface area contributed by atoms with Gasteiger partial charge in [-0.3, -0.25) is 14.5 Å². The van der Waals surface area contributed by atoms with E-state index in [1.807, 2.05) is 25.1 Å². The van der Waals surface area contributed by atoms with E-state index in [0.29, 0.717) is 5.75 Å². The van der Waals surface area contributed by atoms with Crippen molar-refractivity contribution in [3.63, 3.8) is 0 Å². The fraction of sp³-hybridized carbons (Fsp3) is 0.357. The van der Waals surface area contributed by atoms with Crippen LogP contribution in [-0.2, 0) is 9.59 Å². The van der Waals surface area contributed by atoms with E-state index in [-0.39, 0.29) is 38.1 Å². The number of aryl methyl sites for hydroxylation is 1. The fourth-order valence-electron chi connectivity index (χ4n) is 1.90. The maximum atomic E-state index is 11.6. The first-order valence-corrected chi connectivity index (χ1v) is 6.61. The zero-order chi connectivity index (χ0) is 15.2. The number of para-hydroxylation sites is 1. The van der Waals surface area contributed by atoms with Gasteiger partial charge in [0.15, 0.2) is 6.61 Å². The van der Waals surface area contributed by atoms with Gasteiger partial charge in [0.1, 0.15) is 5.75 Å². The van der Waals surface area contributed by atoms with Crippen molar-refractivity contribution in [1.29, 1.82) is 0 Å². The normalized spacial score (nSPS) is 14.0. The molecule has 0 atom stereocenters. The van der Waals surface area contributed by atoms with E-state index < -0.39 is 6.03 Å². The third-order valence-electron chi connectivity index (χ3n) is 3.05. The molecule has 1 aromatic carbocycles. The lowest BCUT2D eigenvalue weighted by atomic mass is 10.2. The van der Waals surface area contributed by atoms with E-state index in [4.69, 9.17) is 4.74 Å². The van der Waals surface area contributed by atoms with E-state index in [0.717, 1.165) is 10.5 Å². The van der Waals surface area contributed by atoms with Crippen LogP contribution in [0.25, 0.3) is 0 Å². The molecule has 0 aromatic heterocycles. The first kappa shape index (κ1) is 14.8. The number of imide groups is 1. The van der Waals surface area contributed by atoms with Crippen LogP contribution >= 0.6 is 0 Å². The van der Waals surface area contributed by atoms with Gasteiger partial charge in [0, 0.05) is 13.1 Å². The Morgan fingerprint density at radius 3 is 2.81 bits per heavy atom. The van der Waals surface area contributed by atoms with Crippen LogP contribution in [-0.4, -0.2) is 49.0 Å². The number of nitrogens with one attached hydrogen (secondary N) is 2. The predicted octanol–water partition coefficient (Wildman–Crippen LogP) is 0.0418. The van der Waals surface area contributed by atoms with Crippen molar-refractivity contribution in [3.05, 3.63) is 29.8 Å². The molecular formula is C14H17N3O4. The van der Waals surface area contributed by atoms with Gasteiger partial charge < -0.3 is 15.4 Å². The summed E-state index contributed by atoms with van der Waals surface area (Å²) in [6.07, 6.45) is 0. The first-order valence-electron chi connectivity index (χ1n) is 6.61. The highest BCUT2D eigenvalue weighted by molar-refractivity contribution is 6.01. The first-order chi connectivity index (χ1) is 10.1. The molecule has 4 amide bonds. The number of rotatable bonds is 6. The number of hydrogen-bond acceptors (Lipinski definition) is 4. The van der Waals surface area contributed by atoms with E-state index in [1.165, 1.54) is 0 Å². The molecule has 0 bridgehead atoms. The molecule has 1 fully saturated rings. The Morgan fingerprint density at radius 1 is 1.38 bits per heavy atom. The highest BCUT2D eigenvalue weighted by atomic mass is 16.5. The van der Waals surface area contributed by atoms with Gasteiger partial charge in [0.2, 0.25) is 5.91 Å². The molecule has 0 spiro atoms. The molecule has 0 radical (unpaired) electrons. The maximum absolute atomic E-state index is 11.6. The Hall–Kier alpha value is -2.57. The summed E-state index contributed by atoms with van der Waals surface area (Å²) < 4.78 is 5.39. The second-order valence-electron chi connectivity index (χ2n) is 4.61. The Bertz CT molecular complexity index is 543. The van der Waals surface area contributed by atoms with Crippen molar-refractivity contribution in [2.24, 2.45) is 0 Å². The van der Waals surface area contributed by atoms with Crippen molar-refractivity contribution >= 4 is 17.8 Å². The lowest BCUT2D eigenvalue weighted by molar-refractivity contribution is -0.126. The molecule has 1 aliphatic heterocycles. The Kier molecular flexibility index (Phi) is 4.76. The van der Waals surface area contributed by atoms with E-state index in [2.05, 4.69) is 10.6 Å². The average molecular weight is 291 g/mol. The molecule has 7 nitrogen and oxygen atoms in total. The van der Waals surface area contributed by atoms with Gasteiger partial charge in [0.05, 0.1) is 6.54 Å². The van der Waals surface area contributed by atoms with Gasteiger partial charge in [-0.2, -0.15) is 0 Å².